The van der Waals surface area contributed by atoms with Crippen molar-refractivity contribution in [2.75, 3.05) is 33.6 Å². The number of rotatable bonds is 5. The van der Waals surface area contributed by atoms with E-state index in [1.54, 1.807) is 38.2 Å². The van der Waals surface area contributed by atoms with Gasteiger partial charge in [-0.05, 0) is 42.3 Å². The van der Waals surface area contributed by atoms with Crippen LogP contribution in [0.5, 0.6) is 23.0 Å². The molecular weight excluding hydrogens is 430 g/mol. The maximum Gasteiger partial charge on any atom is 0.325 e. The third-order valence-electron chi connectivity index (χ3n) is 5.97. The number of imide groups is 1. The monoisotopic (exact) mass is 453 g/mol. The Balaban J connectivity index is 1.27. The summed E-state index contributed by atoms with van der Waals surface area (Å²) in [5, 5.41) is 2.71. The maximum atomic E-state index is 13.2. The van der Waals surface area contributed by atoms with Crippen molar-refractivity contribution in [1.29, 1.82) is 0 Å². The van der Waals surface area contributed by atoms with Crippen molar-refractivity contribution < 1.29 is 33.3 Å². The third kappa shape index (κ3) is 3.67. The lowest BCUT2D eigenvalue weighted by atomic mass is 9.91. The molecule has 10 nitrogen and oxygen atoms in total. The topological polar surface area (TPSA) is 107 Å². The first-order valence-electron chi connectivity index (χ1n) is 10.5. The van der Waals surface area contributed by atoms with E-state index in [1.807, 2.05) is 12.1 Å². The Hall–Kier alpha value is -3.95. The van der Waals surface area contributed by atoms with Crippen LogP contribution in [0.1, 0.15) is 18.1 Å². The Morgan fingerprint density at radius 1 is 1.00 bits per heavy atom. The van der Waals surface area contributed by atoms with Crippen LogP contribution >= 0.6 is 0 Å². The summed E-state index contributed by atoms with van der Waals surface area (Å²) in [4.78, 5) is 41.0. The Bertz CT molecular complexity index is 1150. The predicted molar refractivity (Wildman–Crippen MR) is 114 cm³/mol. The van der Waals surface area contributed by atoms with Crippen LogP contribution in [-0.4, -0.2) is 61.2 Å². The molecule has 0 aromatic heterocycles. The van der Waals surface area contributed by atoms with Gasteiger partial charge < -0.3 is 29.2 Å². The van der Waals surface area contributed by atoms with E-state index < -0.39 is 17.5 Å². The first-order valence-corrected chi connectivity index (χ1v) is 10.5. The van der Waals surface area contributed by atoms with Crippen molar-refractivity contribution >= 4 is 17.8 Å². The van der Waals surface area contributed by atoms with Gasteiger partial charge in [0.2, 0.25) is 12.7 Å². The minimum atomic E-state index is -1.31. The molecule has 1 fully saturated rings. The van der Waals surface area contributed by atoms with Gasteiger partial charge in [0.1, 0.15) is 25.3 Å². The number of benzene rings is 2. The summed E-state index contributed by atoms with van der Waals surface area (Å²) >= 11 is 0. The van der Waals surface area contributed by atoms with Gasteiger partial charge >= 0.3 is 6.03 Å². The van der Waals surface area contributed by atoms with E-state index in [1.165, 1.54) is 4.90 Å². The first-order chi connectivity index (χ1) is 15.8. The third-order valence-corrected chi connectivity index (χ3v) is 5.97. The van der Waals surface area contributed by atoms with Gasteiger partial charge in [0, 0.05) is 13.6 Å². The Morgan fingerprint density at radius 2 is 1.67 bits per heavy atom. The minimum absolute atomic E-state index is 0.103. The molecule has 5 rings (SSSR count). The van der Waals surface area contributed by atoms with Crippen molar-refractivity contribution in [2.45, 2.75) is 19.0 Å². The Labute approximate surface area is 189 Å². The highest BCUT2D eigenvalue weighted by molar-refractivity contribution is 6.09. The van der Waals surface area contributed by atoms with E-state index in [2.05, 4.69) is 5.32 Å². The summed E-state index contributed by atoms with van der Waals surface area (Å²) in [7, 11) is 1.62. The van der Waals surface area contributed by atoms with E-state index in [4.69, 9.17) is 18.9 Å². The van der Waals surface area contributed by atoms with Crippen LogP contribution in [0, 0.1) is 0 Å². The summed E-state index contributed by atoms with van der Waals surface area (Å²) in [5.74, 6) is 1.50. The molecule has 0 bridgehead atoms. The highest BCUT2D eigenvalue weighted by Gasteiger charge is 2.50. The van der Waals surface area contributed by atoms with E-state index in [0.29, 0.717) is 48.3 Å². The molecule has 1 N–H and O–H groups in total. The SMILES string of the molecule is CN(Cc1ccc2c(c1)OCCO2)C(=O)CN1C(=O)N[C@@](C)(c2ccc3c(c2)OCO3)C1=O. The summed E-state index contributed by atoms with van der Waals surface area (Å²) in [6, 6.07) is 9.91. The van der Waals surface area contributed by atoms with Gasteiger partial charge in [0.25, 0.3) is 5.91 Å². The van der Waals surface area contributed by atoms with Crippen molar-refractivity contribution in [1.82, 2.24) is 15.1 Å². The summed E-state index contributed by atoms with van der Waals surface area (Å²) in [6.07, 6.45) is 0. The molecular formula is C23H23N3O7. The second-order valence-corrected chi connectivity index (χ2v) is 8.24. The number of nitrogens with one attached hydrogen (secondary N) is 1. The van der Waals surface area contributed by atoms with Gasteiger partial charge in [-0.2, -0.15) is 0 Å². The van der Waals surface area contributed by atoms with Crippen LogP contribution in [-0.2, 0) is 21.7 Å². The van der Waals surface area contributed by atoms with Gasteiger partial charge in [-0.1, -0.05) is 12.1 Å². The number of carbonyl (C=O) groups is 3. The summed E-state index contributed by atoms with van der Waals surface area (Å²) in [5.41, 5.74) is 0.0782. The number of amides is 4. The fourth-order valence-electron chi connectivity index (χ4n) is 4.05. The van der Waals surface area contributed by atoms with Crippen LogP contribution in [0.3, 0.4) is 0 Å². The lowest BCUT2D eigenvalue weighted by Gasteiger charge is -2.24. The predicted octanol–water partition coefficient (Wildman–Crippen LogP) is 1.61. The maximum absolute atomic E-state index is 13.2. The molecule has 3 aliphatic rings. The molecule has 0 saturated carbocycles. The number of fused-ring (bicyclic) bond motifs is 2. The first kappa shape index (κ1) is 20.9. The average molecular weight is 453 g/mol. The second kappa shape index (κ2) is 7.88. The van der Waals surface area contributed by atoms with E-state index in [-0.39, 0.29) is 19.2 Å². The fraction of sp³-hybridized carbons (Fsp3) is 0.348. The number of hydrogen-bond acceptors (Lipinski definition) is 7. The van der Waals surface area contributed by atoms with Crippen LogP contribution in [0.4, 0.5) is 4.79 Å². The fourth-order valence-corrected chi connectivity index (χ4v) is 4.05. The molecule has 0 unspecified atom stereocenters. The van der Waals surface area contributed by atoms with E-state index >= 15 is 0 Å². The zero-order chi connectivity index (χ0) is 23.2. The van der Waals surface area contributed by atoms with Gasteiger partial charge in [-0.25, -0.2) is 4.79 Å². The van der Waals surface area contributed by atoms with Crippen LogP contribution in [0.25, 0.3) is 0 Å². The average Bonchev–Trinajstić information content (AvgIpc) is 3.37. The van der Waals surface area contributed by atoms with E-state index in [9.17, 15) is 14.4 Å². The molecule has 3 aliphatic heterocycles. The molecule has 172 valence electrons. The number of urea groups is 1. The zero-order valence-corrected chi connectivity index (χ0v) is 18.3. The zero-order valence-electron chi connectivity index (χ0n) is 18.3. The molecule has 33 heavy (non-hydrogen) atoms. The standard InChI is InChI=1S/C23H23N3O7/c1-23(15-4-6-17-19(10-15)33-13-32-17)21(28)26(22(29)24-23)12-20(27)25(2)11-14-3-5-16-18(9-14)31-8-7-30-16/h3-6,9-10H,7-8,11-13H2,1-2H3,(H,24,29)/t23-/m0/s1. The quantitative estimate of drug-likeness (QED) is 0.686. The van der Waals surface area contributed by atoms with Gasteiger partial charge in [-0.15, -0.1) is 0 Å². The molecule has 10 heteroatoms. The molecule has 0 aliphatic carbocycles. The molecule has 2 aromatic rings. The van der Waals surface area contributed by atoms with Crippen molar-refractivity contribution in [3.8, 4) is 23.0 Å². The van der Waals surface area contributed by atoms with Crippen molar-refractivity contribution in [3.05, 3.63) is 47.5 Å². The number of carbonyl (C=O) groups excluding carboxylic acids is 3. The van der Waals surface area contributed by atoms with Crippen LogP contribution < -0.4 is 24.3 Å². The normalized spacial score (nSPS) is 20.6. The molecule has 0 radical (unpaired) electrons. The van der Waals surface area contributed by atoms with Crippen LogP contribution in [0.2, 0.25) is 0 Å². The van der Waals surface area contributed by atoms with Crippen LogP contribution in [0.15, 0.2) is 36.4 Å². The molecule has 1 atom stereocenters. The highest BCUT2D eigenvalue weighted by atomic mass is 16.7. The van der Waals surface area contributed by atoms with Gasteiger partial charge in [0.15, 0.2) is 23.0 Å². The van der Waals surface area contributed by atoms with Gasteiger partial charge in [0.05, 0.1) is 0 Å². The van der Waals surface area contributed by atoms with Crippen molar-refractivity contribution in [3.63, 3.8) is 0 Å². The van der Waals surface area contributed by atoms with Crippen molar-refractivity contribution in [2.24, 2.45) is 0 Å². The smallest absolute Gasteiger partial charge is 0.325 e. The highest BCUT2D eigenvalue weighted by Crippen LogP contribution is 2.38. The van der Waals surface area contributed by atoms with E-state index in [0.717, 1.165) is 10.5 Å². The summed E-state index contributed by atoms with van der Waals surface area (Å²) in [6.45, 7) is 2.60. The molecule has 3 heterocycles. The molecule has 0 spiro atoms. The second-order valence-electron chi connectivity index (χ2n) is 8.24. The lowest BCUT2D eigenvalue weighted by molar-refractivity contribution is -0.138. The van der Waals surface area contributed by atoms with Gasteiger partial charge in [-0.3, -0.25) is 14.5 Å². The number of ether oxygens (including phenoxy) is 4. The molecule has 2 aromatic carbocycles. The Morgan fingerprint density at radius 3 is 2.48 bits per heavy atom. The number of hydrogen-bond donors (Lipinski definition) is 1. The largest absolute Gasteiger partial charge is 0.486 e. The summed E-state index contributed by atoms with van der Waals surface area (Å²) < 4.78 is 21.8. The minimum Gasteiger partial charge on any atom is -0.486 e. The Kier molecular flexibility index (Phi) is 4.99. The molecule has 1 saturated heterocycles. The number of likely N-dealkylation sites (N-methyl/N-ethyl adjacent to an activating group) is 1. The lowest BCUT2D eigenvalue weighted by Crippen LogP contribution is -2.43. The number of nitrogens with zero attached hydrogens (tertiary/aromatic N) is 2. The molecule has 4 amide bonds.